The molecule has 3 aromatic heterocycles. The molecule has 0 bridgehead atoms. The number of nitrogens with zero attached hydrogens (tertiary/aromatic N) is 5. The van der Waals surface area contributed by atoms with Gasteiger partial charge in [0.25, 0.3) is 22.2 Å². The zero-order valence-corrected chi connectivity index (χ0v) is 45.2. The number of H-pyrrole nitrogens is 1. The van der Waals surface area contributed by atoms with Gasteiger partial charge in [0, 0.05) is 24.6 Å². The topological polar surface area (TPSA) is 200 Å². The molecule has 378 valence electrons. The second-order valence-electron chi connectivity index (χ2n) is 20.5. The Labute approximate surface area is 426 Å². The Morgan fingerprint density at radius 3 is 1.74 bits per heavy atom. The van der Waals surface area contributed by atoms with E-state index in [1.165, 1.54) is 17.1 Å². The zero-order chi connectivity index (χ0) is 51.1. The molecule has 0 radical (unpaired) electrons. The lowest BCUT2D eigenvalue weighted by Gasteiger charge is -2.45. The van der Waals surface area contributed by atoms with E-state index in [2.05, 4.69) is 110 Å². The first kappa shape index (κ1) is 51.6. The number of hydrogen-bond acceptors (Lipinski definition) is 13. The quantitative estimate of drug-likeness (QED) is 0.0754. The van der Waals surface area contributed by atoms with Crippen LogP contribution in [0.3, 0.4) is 0 Å². The van der Waals surface area contributed by atoms with E-state index >= 15 is 0 Å². The van der Waals surface area contributed by atoms with Gasteiger partial charge in [0.2, 0.25) is 0 Å². The van der Waals surface area contributed by atoms with Gasteiger partial charge in [-0.3, -0.25) is 18.9 Å². The van der Waals surface area contributed by atoms with Crippen molar-refractivity contribution >= 4 is 72.9 Å². The van der Waals surface area contributed by atoms with Crippen molar-refractivity contribution in [3.63, 3.8) is 0 Å². The summed E-state index contributed by atoms with van der Waals surface area (Å²) in [6, 6.07) is 41.0. The Morgan fingerprint density at radius 1 is 0.722 bits per heavy atom. The first-order valence-corrected chi connectivity index (χ1v) is 30.5. The highest BCUT2D eigenvalue weighted by Crippen LogP contribution is 2.51. The molecular weight excluding hydrogens is 986 g/mol. The van der Waals surface area contributed by atoms with Crippen molar-refractivity contribution < 1.29 is 32.3 Å². The molecule has 0 unspecified atom stereocenters. The number of rotatable bonds is 16. The van der Waals surface area contributed by atoms with Crippen molar-refractivity contribution in [3.05, 3.63) is 167 Å². The van der Waals surface area contributed by atoms with Gasteiger partial charge in [-0.25, -0.2) is 19.7 Å². The second kappa shape index (κ2) is 20.6. The molecule has 4 aromatic carbocycles. The fraction of sp³-hybridized carbons (Fsp3) is 0.365. The van der Waals surface area contributed by atoms with Crippen LogP contribution in [0.1, 0.15) is 72.4 Å². The predicted molar refractivity (Wildman–Crippen MR) is 286 cm³/mol. The molecule has 2 fully saturated rings. The van der Waals surface area contributed by atoms with E-state index in [1.54, 1.807) is 17.8 Å². The minimum atomic E-state index is -4.15. The summed E-state index contributed by atoms with van der Waals surface area (Å²) < 4.78 is 44.6. The van der Waals surface area contributed by atoms with Gasteiger partial charge in [0.05, 0.1) is 31.7 Å². The smallest absolute Gasteiger partial charge is 0.330 e. The van der Waals surface area contributed by atoms with Gasteiger partial charge in [-0.05, 0) is 49.6 Å². The van der Waals surface area contributed by atoms with Crippen molar-refractivity contribution in [2.75, 3.05) is 18.9 Å². The zero-order valence-electron chi connectivity index (χ0n) is 41.5. The number of aryl methyl sites for hydroxylation is 1. The molecule has 0 amide bonds. The molecule has 0 spiro atoms. The predicted octanol–water partition coefficient (Wildman–Crippen LogP) is 5.98. The number of ether oxygens (including phenoxy) is 2. The van der Waals surface area contributed by atoms with E-state index in [4.69, 9.17) is 44.9 Å². The lowest BCUT2D eigenvalue weighted by molar-refractivity contribution is -0.0493. The number of anilines is 1. The fourth-order valence-corrected chi connectivity index (χ4v) is 21.2. The largest absolute Gasteiger partial charge is 0.405 e. The van der Waals surface area contributed by atoms with Crippen LogP contribution in [0.5, 0.6) is 0 Å². The van der Waals surface area contributed by atoms with Gasteiger partial charge in [-0.1, -0.05) is 163 Å². The van der Waals surface area contributed by atoms with Crippen LogP contribution >= 0.6 is 6.72 Å². The average molecular weight is 1050 g/mol. The van der Waals surface area contributed by atoms with Gasteiger partial charge in [0.1, 0.15) is 36.5 Å². The van der Waals surface area contributed by atoms with Crippen molar-refractivity contribution in [2.45, 2.75) is 108 Å². The van der Waals surface area contributed by atoms with Crippen LogP contribution < -0.4 is 37.7 Å². The number of aromatic nitrogens is 6. The van der Waals surface area contributed by atoms with Gasteiger partial charge in [-0.15, -0.1) is 0 Å². The van der Waals surface area contributed by atoms with Crippen LogP contribution in [0.15, 0.2) is 150 Å². The van der Waals surface area contributed by atoms with Crippen molar-refractivity contribution in [1.82, 2.24) is 29.1 Å². The molecule has 9 rings (SSSR count). The van der Waals surface area contributed by atoms with Gasteiger partial charge in [-0.2, -0.15) is 0 Å². The number of hydrogen-bond donors (Lipinski definition) is 3. The molecule has 16 nitrogen and oxygen atoms in total. The van der Waals surface area contributed by atoms with Crippen LogP contribution in [0.4, 0.5) is 5.82 Å². The number of imidazole rings is 1. The molecule has 2 aliphatic heterocycles. The maximum atomic E-state index is 13.4. The normalized spacial score (nSPS) is 21.8. The Bertz CT molecular complexity index is 3080. The molecule has 0 aliphatic carbocycles. The van der Waals surface area contributed by atoms with E-state index < -0.39 is 76.5 Å². The van der Waals surface area contributed by atoms with Crippen LogP contribution in [-0.4, -0.2) is 88.2 Å². The van der Waals surface area contributed by atoms with Crippen molar-refractivity contribution in [2.24, 2.45) is 0 Å². The summed E-state index contributed by atoms with van der Waals surface area (Å²) in [5.74, 6) is 0.226. The highest BCUT2D eigenvalue weighted by molar-refractivity contribution is 8.07. The molecule has 20 heteroatoms. The molecule has 4 N–H and O–H groups in total. The van der Waals surface area contributed by atoms with Crippen LogP contribution in [0.2, 0.25) is 10.1 Å². The van der Waals surface area contributed by atoms with E-state index in [9.17, 15) is 14.5 Å². The van der Waals surface area contributed by atoms with Crippen molar-refractivity contribution in [3.8, 4) is 0 Å². The Kier molecular flexibility index (Phi) is 14.7. The SMILES string of the molecule is Cc1cn([C@H]2C[C@H](O[Si](c3ccccc3)(c3ccccc3)C(C)(C)C)[C@@H](CO[P@](O)(=S)O[C@H]3C[C@H](n4cnc5c(N)ncnc54)O[C@@H]3CO[Si](c3ccccc3)(c3ccccc3)C(C)(C)C)O2)c(=O)[nH]c1=O. The minimum absolute atomic E-state index is 0.0721. The number of aromatic amines is 1. The first-order chi connectivity index (χ1) is 34.3. The summed E-state index contributed by atoms with van der Waals surface area (Å²) in [5, 5.41) is 3.50. The summed E-state index contributed by atoms with van der Waals surface area (Å²) in [5.41, 5.74) is 6.33. The Hall–Kier alpha value is -5.29. The third kappa shape index (κ3) is 10.0. The Morgan fingerprint density at radius 2 is 1.21 bits per heavy atom. The number of nitrogens with one attached hydrogen (secondary N) is 1. The van der Waals surface area contributed by atoms with Gasteiger partial charge in [0.15, 0.2) is 11.5 Å². The summed E-state index contributed by atoms with van der Waals surface area (Å²) in [7, 11) is -6.31. The lowest BCUT2D eigenvalue weighted by Crippen LogP contribution is -2.68. The highest BCUT2D eigenvalue weighted by atomic mass is 32.5. The second-order valence-corrected chi connectivity index (χ2v) is 31.8. The fourth-order valence-electron chi connectivity index (χ4n) is 10.4. The molecule has 72 heavy (non-hydrogen) atoms. The number of nitrogen functional groups attached to an aromatic ring is 1. The monoisotopic (exact) mass is 1050 g/mol. The van der Waals surface area contributed by atoms with Crippen LogP contribution in [0, 0.1) is 6.92 Å². The van der Waals surface area contributed by atoms with E-state index in [-0.39, 0.29) is 36.9 Å². The molecular formula is C52H62N7O9PSSi2. The molecule has 7 atom stereocenters. The molecule has 5 heterocycles. The van der Waals surface area contributed by atoms with E-state index in [0.717, 1.165) is 20.7 Å². The van der Waals surface area contributed by atoms with Gasteiger partial charge < -0.3 is 38.0 Å². The maximum absolute atomic E-state index is 13.4. The average Bonchev–Trinajstić information content (AvgIpc) is 4.09. The van der Waals surface area contributed by atoms with E-state index in [1.807, 2.05) is 72.8 Å². The molecule has 2 aliphatic rings. The maximum Gasteiger partial charge on any atom is 0.330 e. The molecule has 7 aromatic rings. The first-order valence-electron chi connectivity index (χ1n) is 24.1. The van der Waals surface area contributed by atoms with Crippen molar-refractivity contribution in [1.29, 1.82) is 0 Å². The summed E-state index contributed by atoms with van der Waals surface area (Å²) in [4.78, 5) is 53.7. The number of fused-ring (bicyclic) bond motifs is 1. The Balaban J connectivity index is 1.04. The number of benzene rings is 4. The standard InChI is InChI=1S/C52H62N7O9PSSi2/c1-35-30-58(50(61)57-49(35)60)44-29-41(68-72(52(5,6)7,38-24-16-10-17-25-38)39-26-18-11-19-27-39)42(65-44)31-63-69(62,70)67-40-28-45(59-34-56-46-47(53)54-33-55-48(46)59)66-43(40)32-64-71(51(2,3)4,36-20-12-8-13-21-36)37-22-14-9-15-23-37/h8-27,30,33-34,40-45H,28-29,31-32H2,1-7H3,(H,62,70)(H2,53,54,55)(H,57,60,61)/t40-,41-,42+,43+,44+,45+,69-/m0/s1. The summed E-state index contributed by atoms with van der Waals surface area (Å²) >= 11 is 5.90. The van der Waals surface area contributed by atoms with Crippen LogP contribution in [0.25, 0.3) is 11.2 Å². The third-order valence-corrected chi connectivity index (χ3v) is 25.5. The number of nitrogens with two attached hydrogens (primary N) is 1. The van der Waals surface area contributed by atoms with E-state index in [0.29, 0.717) is 16.7 Å². The third-order valence-electron chi connectivity index (χ3n) is 13.8. The summed E-state index contributed by atoms with van der Waals surface area (Å²) in [6.07, 6.45) is 0.186. The molecule has 0 saturated carbocycles. The van der Waals surface area contributed by atoms with Gasteiger partial charge >= 0.3 is 12.4 Å². The minimum Gasteiger partial charge on any atom is -0.405 e. The van der Waals surface area contributed by atoms with Crippen LogP contribution in [-0.2, 0) is 39.2 Å². The molecule has 2 saturated heterocycles. The summed E-state index contributed by atoms with van der Waals surface area (Å²) in [6.45, 7) is 10.4. The highest BCUT2D eigenvalue weighted by Gasteiger charge is 2.55. The lowest BCUT2D eigenvalue weighted by atomic mass is 10.2.